The lowest BCUT2D eigenvalue weighted by Crippen LogP contribution is -2.28. The highest BCUT2D eigenvalue weighted by Crippen LogP contribution is 2.26. The maximum atomic E-state index is 11.3. The van der Waals surface area contributed by atoms with Crippen molar-refractivity contribution in [1.29, 1.82) is 0 Å². The Hall–Kier alpha value is -2.35. The van der Waals surface area contributed by atoms with E-state index in [-0.39, 0.29) is 11.5 Å². The molecule has 1 saturated carbocycles. The summed E-state index contributed by atoms with van der Waals surface area (Å²) in [5, 5.41) is 26.1. The van der Waals surface area contributed by atoms with Crippen LogP contribution in [0.25, 0.3) is 5.69 Å². The maximum Gasteiger partial charge on any atom is 0.438 e. The van der Waals surface area contributed by atoms with Gasteiger partial charge in [0.05, 0.1) is 11.1 Å². The number of nitro groups is 1. The molecule has 0 bridgehead atoms. The molecule has 1 N–H and O–H groups in total. The van der Waals surface area contributed by atoms with E-state index in [0.29, 0.717) is 21.5 Å². The first-order chi connectivity index (χ1) is 11.5. The summed E-state index contributed by atoms with van der Waals surface area (Å²) in [6.45, 7) is 2.07. The molecule has 0 amide bonds. The summed E-state index contributed by atoms with van der Waals surface area (Å²) < 4.78 is 0. The Morgan fingerprint density at radius 1 is 1.33 bits per heavy atom. The van der Waals surface area contributed by atoms with E-state index in [0.717, 1.165) is 30.5 Å². The third kappa shape index (κ3) is 3.14. The molecule has 0 saturated heterocycles. The molecule has 1 aromatic carbocycles. The molecule has 8 nitrogen and oxygen atoms in total. The monoisotopic (exact) mass is 351 g/mol. The van der Waals surface area contributed by atoms with Crippen LogP contribution in [-0.4, -0.2) is 30.9 Å². The van der Waals surface area contributed by atoms with E-state index in [2.05, 4.69) is 17.0 Å². The first-order valence-electron chi connectivity index (χ1n) is 7.83. The van der Waals surface area contributed by atoms with Crippen molar-refractivity contribution in [3.05, 3.63) is 44.9 Å². The molecule has 128 valence electrons. The average Bonchev–Trinajstić information content (AvgIpc) is 2.88. The smallest absolute Gasteiger partial charge is 0.409 e. The summed E-state index contributed by atoms with van der Waals surface area (Å²) >= 11 is 5.84. The Morgan fingerprint density at radius 3 is 2.62 bits per heavy atom. The van der Waals surface area contributed by atoms with Crippen LogP contribution in [0.2, 0.25) is 5.02 Å². The third-order valence-corrected chi connectivity index (χ3v) is 4.60. The summed E-state index contributed by atoms with van der Waals surface area (Å²) in [5.41, 5.74) is 0.317. The SMILES string of the molecule is C[C@H]1CCCC[C@@H]1N=c1c([N+](=O)[O-])nn(-c2ccc(Cl)cc2)n1O. The van der Waals surface area contributed by atoms with Crippen LogP contribution in [0.4, 0.5) is 5.82 Å². The van der Waals surface area contributed by atoms with Gasteiger partial charge in [-0.1, -0.05) is 36.2 Å². The van der Waals surface area contributed by atoms with Crippen molar-refractivity contribution >= 4 is 17.4 Å². The van der Waals surface area contributed by atoms with Gasteiger partial charge in [-0.2, -0.15) is 0 Å². The zero-order chi connectivity index (χ0) is 17.3. The minimum absolute atomic E-state index is 0.0567. The molecule has 0 radical (unpaired) electrons. The first-order valence-corrected chi connectivity index (χ1v) is 8.21. The Bertz CT molecular complexity index is 812. The van der Waals surface area contributed by atoms with Crippen molar-refractivity contribution in [2.45, 2.75) is 38.6 Å². The lowest BCUT2D eigenvalue weighted by molar-refractivity contribution is -0.391. The molecular weight excluding hydrogens is 334 g/mol. The van der Waals surface area contributed by atoms with Gasteiger partial charge in [0, 0.05) is 5.02 Å². The summed E-state index contributed by atoms with van der Waals surface area (Å²) in [5.74, 6) is -0.151. The number of hydrogen-bond acceptors (Lipinski definition) is 5. The van der Waals surface area contributed by atoms with Crippen LogP contribution >= 0.6 is 11.6 Å². The number of benzene rings is 1. The zero-order valence-corrected chi connectivity index (χ0v) is 13.9. The van der Waals surface area contributed by atoms with Crippen molar-refractivity contribution in [3.8, 4) is 5.69 Å². The number of nitrogens with zero attached hydrogens (tertiary/aromatic N) is 5. The fraction of sp³-hybridized carbons (Fsp3) is 0.467. The van der Waals surface area contributed by atoms with E-state index in [9.17, 15) is 15.3 Å². The van der Waals surface area contributed by atoms with Gasteiger partial charge in [0.25, 0.3) is 5.49 Å². The standard InChI is InChI=1S/C15H18ClN5O3/c1-10-4-2-3-5-13(10)17-14-15(21(23)24)18-19(20(14)22)12-8-6-11(16)7-9-12/h6-10,13,22H,2-5H2,1H3/t10-,13-/m0/s1. The number of rotatable bonds is 3. The molecule has 1 fully saturated rings. The molecule has 0 aliphatic heterocycles. The Kier molecular flexibility index (Phi) is 4.57. The van der Waals surface area contributed by atoms with Crippen LogP contribution in [0.3, 0.4) is 0 Å². The maximum absolute atomic E-state index is 11.3. The number of hydrogen-bond donors (Lipinski definition) is 1. The lowest BCUT2D eigenvalue weighted by atomic mass is 9.86. The van der Waals surface area contributed by atoms with Gasteiger partial charge in [-0.05, 0) is 52.7 Å². The largest absolute Gasteiger partial charge is 0.438 e. The van der Waals surface area contributed by atoms with E-state index in [1.807, 2.05) is 0 Å². The molecule has 9 heteroatoms. The second kappa shape index (κ2) is 6.64. The van der Waals surface area contributed by atoms with Gasteiger partial charge in [-0.15, -0.1) is 0 Å². The molecule has 0 spiro atoms. The van der Waals surface area contributed by atoms with Gasteiger partial charge >= 0.3 is 5.82 Å². The van der Waals surface area contributed by atoms with Crippen molar-refractivity contribution in [1.82, 2.24) is 14.7 Å². The minimum Gasteiger partial charge on any atom is -0.409 e. The van der Waals surface area contributed by atoms with E-state index in [1.54, 1.807) is 24.3 Å². The van der Waals surface area contributed by atoms with Gasteiger partial charge in [0.15, 0.2) is 0 Å². The van der Waals surface area contributed by atoms with Crippen LogP contribution in [-0.2, 0) is 0 Å². The molecule has 1 heterocycles. The molecular formula is C15H18ClN5O3. The molecule has 3 rings (SSSR count). The molecule has 24 heavy (non-hydrogen) atoms. The Balaban J connectivity index is 2.11. The molecule has 1 aliphatic carbocycles. The normalized spacial score (nSPS) is 21.8. The average molecular weight is 352 g/mol. The molecule has 0 unspecified atom stereocenters. The molecule has 2 atom stereocenters. The highest BCUT2D eigenvalue weighted by molar-refractivity contribution is 6.30. The second-order valence-corrected chi connectivity index (χ2v) is 6.45. The number of halogens is 1. The van der Waals surface area contributed by atoms with Gasteiger partial charge in [0.2, 0.25) is 0 Å². The Labute approximate surface area is 143 Å². The highest BCUT2D eigenvalue weighted by atomic mass is 35.5. The van der Waals surface area contributed by atoms with Crippen molar-refractivity contribution in [2.24, 2.45) is 10.9 Å². The van der Waals surface area contributed by atoms with Gasteiger partial charge in [0.1, 0.15) is 5.69 Å². The van der Waals surface area contributed by atoms with Crippen molar-refractivity contribution < 1.29 is 10.1 Å². The van der Waals surface area contributed by atoms with Gasteiger partial charge in [-0.25, -0.2) is 0 Å². The quantitative estimate of drug-likeness (QED) is 0.522. The van der Waals surface area contributed by atoms with E-state index >= 15 is 0 Å². The topological polar surface area (TPSA) is 98.5 Å². The van der Waals surface area contributed by atoms with Crippen LogP contribution in [0.5, 0.6) is 0 Å². The van der Waals surface area contributed by atoms with Crippen LogP contribution < -0.4 is 5.49 Å². The minimum atomic E-state index is -0.633. The summed E-state index contributed by atoms with van der Waals surface area (Å²) in [4.78, 5) is 16.8. The lowest BCUT2D eigenvalue weighted by Gasteiger charge is -2.24. The van der Waals surface area contributed by atoms with Gasteiger partial charge in [-0.3, -0.25) is 4.99 Å². The summed E-state index contributed by atoms with van der Waals surface area (Å²) in [7, 11) is 0. The van der Waals surface area contributed by atoms with E-state index in [1.165, 1.54) is 0 Å². The predicted molar refractivity (Wildman–Crippen MR) is 87.4 cm³/mol. The molecule has 2 aromatic rings. The summed E-state index contributed by atoms with van der Waals surface area (Å²) in [6, 6.07) is 6.39. The zero-order valence-electron chi connectivity index (χ0n) is 13.2. The second-order valence-electron chi connectivity index (χ2n) is 6.02. The first kappa shape index (κ1) is 16.5. The van der Waals surface area contributed by atoms with Gasteiger partial charge < -0.3 is 15.3 Å². The molecule has 1 aliphatic rings. The fourth-order valence-corrected chi connectivity index (χ4v) is 3.10. The van der Waals surface area contributed by atoms with Crippen LogP contribution in [0.15, 0.2) is 29.3 Å². The third-order valence-electron chi connectivity index (χ3n) is 4.34. The van der Waals surface area contributed by atoms with E-state index < -0.39 is 10.7 Å². The van der Waals surface area contributed by atoms with Crippen molar-refractivity contribution in [3.63, 3.8) is 0 Å². The number of aromatic nitrogens is 3. The van der Waals surface area contributed by atoms with Crippen LogP contribution in [0, 0.1) is 16.0 Å². The van der Waals surface area contributed by atoms with Crippen molar-refractivity contribution in [2.75, 3.05) is 0 Å². The highest BCUT2D eigenvalue weighted by Gasteiger charge is 2.27. The Morgan fingerprint density at radius 2 is 2.00 bits per heavy atom. The van der Waals surface area contributed by atoms with Crippen LogP contribution in [0.1, 0.15) is 32.6 Å². The fourth-order valence-electron chi connectivity index (χ4n) is 2.97. The predicted octanol–water partition coefficient (Wildman–Crippen LogP) is 2.95. The summed E-state index contributed by atoms with van der Waals surface area (Å²) in [6.07, 6.45) is 4.05. The molecule has 1 aromatic heterocycles. The van der Waals surface area contributed by atoms with E-state index in [4.69, 9.17) is 11.6 Å².